The Balaban J connectivity index is 2.16. The van der Waals surface area contributed by atoms with Crippen LogP contribution in [0.1, 0.15) is 12.8 Å². The number of halogens is 2. The highest BCUT2D eigenvalue weighted by Gasteiger charge is 2.26. The van der Waals surface area contributed by atoms with E-state index < -0.39 is 10.0 Å². The minimum atomic E-state index is -3.56. The van der Waals surface area contributed by atoms with Crippen molar-refractivity contribution in [2.24, 2.45) is 5.92 Å². The minimum Gasteiger partial charge on any atom is -0.381 e. The van der Waals surface area contributed by atoms with Crippen LogP contribution >= 0.6 is 27.5 Å². The van der Waals surface area contributed by atoms with Crippen molar-refractivity contribution in [3.8, 4) is 0 Å². The van der Waals surface area contributed by atoms with Gasteiger partial charge >= 0.3 is 0 Å². The lowest BCUT2D eigenvalue weighted by Gasteiger charge is -2.27. The molecule has 112 valence electrons. The molecule has 0 aromatic heterocycles. The molecule has 7 heteroatoms. The van der Waals surface area contributed by atoms with E-state index in [0.29, 0.717) is 13.2 Å². The Hall–Kier alpha value is -0.140. The Morgan fingerprint density at radius 3 is 2.85 bits per heavy atom. The summed E-state index contributed by atoms with van der Waals surface area (Å²) in [7, 11) is -1.98. The number of rotatable bonds is 4. The summed E-state index contributed by atoms with van der Waals surface area (Å²) >= 11 is 9.31. The van der Waals surface area contributed by atoms with Gasteiger partial charge in [-0.15, -0.1) is 0 Å². The lowest BCUT2D eigenvalue weighted by Crippen LogP contribution is -2.35. The predicted octanol–water partition coefficient (Wildman–Crippen LogP) is 3.15. The highest BCUT2D eigenvalue weighted by atomic mass is 79.9. The summed E-state index contributed by atoms with van der Waals surface area (Å²) in [4.78, 5) is 0.140. The van der Waals surface area contributed by atoms with E-state index in [1.54, 1.807) is 19.2 Å². The largest absolute Gasteiger partial charge is 0.381 e. The van der Waals surface area contributed by atoms with Crippen LogP contribution in [0.15, 0.2) is 27.6 Å². The maximum Gasteiger partial charge on any atom is 0.244 e. The van der Waals surface area contributed by atoms with E-state index in [0.717, 1.165) is 23.9 Å². The van der Waals surface area contributed by atoms with E-state index in [4.69, 9.17) is 16.3 Å². The molecule has 20 heavy (non-hydrogen) atoms. The Morgan fingerprint density at radius 2 is 2.25 bits per heavy atom. The fraction of sp³-hybridized carbons (Fsp3) is 0.538. The van der Waals surface area contributed by atoms with Crippen LogP contribution in [0.3, 0.4) is 0 Å². The fourth-order valence-corrected chi connectivity index (χ4v) is 4.52. The fourth-order valence-electron chi connectivity index (χ4n) is 2.27. The van der Waals surface area contributed by atoms with Crippen molar-refractivity contribution in [3.05, 3.63) is 27.7 Å². The van der Waals surface area contributed by atoms with Crippen molar-refractivity contribution in [1.82, 2.24) is 4.31 Å². The second-order valence-electron chi connectivity index (χ2n) is 4.94. The van der Waals surface area contributed by atoms with E-state index in [-0.39, 0.29) is 15.8 Å². The molecule has 4 nitrogen and oxygen atoms in total. The maximum absolute atomic E-state index is 12.5. The molecule has 0 saturated carbocycles. The average Bonchev–Trinajstić information content (AvgIpc) is 2.39. The molecule has 1 atom stereocenters. The highest BCUT2D eigenvalue weighted by Crippen LogP contribution is 2.28. The van der Waals surface area contributed by atoms with Crippen molar-refractivity contribution in [2.45, 2.75) is 17.7 Å². The Kier molecular flexibility index (Phi) is 5.48. The molecule has 1 fully saturated rings. The number of ether oxygens (including phenoxy) is 1. The lowest BCUT2D eigenvalue weighted by atomic mass is 10.0. The van der Waals surface area contributed by atoms with Gasteiger partial charge < -0.3 is 4.74 Å². The standard InChI is InChI=1S/C13H17BrClNO3S/c1-16(8-10-3-2-6-19-9-10)20(17,18)13-5-4-11(14)7-12(13)15/h4-5,7,10H,2-3,6,8-9H2,1H3. The number of sulfonamides is 1. The summed E-state index contributed by atoms with van der Waals surface area (Å²) in [5.74, 6) is 0.248. The molecule has 1 unspecified atom stereocenters. The van der Waals surface area contributed by atoms with Gasteiger partial charge in [0.05, 0.1) is 11.6 Å². The first-order valence-corrected chi connectivity index (χ1v) is 9.01. The van der Waals surface area contributed by atoms with Gasteiger partial charge in [-0.2, -0.15) is 0 Å². The quantitative estimate of drug-likeness (QED) is 0.803. The van der Waals surface area contributed by atoms with Gasteiger partial charge in [0, 0.05) is 24.7 Å². The predicted molar refractivity (Wildman–Crippen MR) is 82.5 cm³/mol. The molecule has 1 aliphatic heterocycles. The van der Waals surface area contributed by atoms with Crippen LogP contribution in [0.25, 0.3) is 0 Å². The van der Waals surface area contributed by atoms with Gasteiger partial charge in [0.15, 0.2) is 0 Å². The van der Waals surface area contributed by atoms with E-state index in [1.165, 1.54) is 10.4 Å². The van der Waals surface area contributed by atoms with Crippen molar-refractivity contribution in [3.63, 3.8) is 0 Å². The highest BCUT2D eigenvalue weighted by molar-refractivity contribution is 9.10. The molecule has 0 N–H and O–H groups in total. The number of hydrogen-bond acceptors (Lipinski definition) is 3. The second-order valence-corrected chi connectivity index (χ2v) is 8.28. The topological polar surface area (TPSA) is 46.6 Å². The van der Waals surface area contributed by atoms with Gasteiger partial charge in [-0.3, -0.25) is 0 Å². The molecule has 1 aromatic carbocycles. The third kappa shape index (κ3) is 3.74. The molecule has 2 rings (SSSR count). The summed E-state index contributed by atoms with van der Waals surface area (Å²) in [6.07, 6.45) is 1.98. The molecular formula is C13H17BrClNO3S. The lowest BCUT2D eigenvalue weighted by molar-refractivity contribution is 0.0495. The number of benzene rings is 1. The maximum atomic E-state index is 12.5. The van der Waals surface area contributed by atoms with Crippen LogP contribution in [0.4, 0.5) is 0 Å². The Bertz CT molecular complexity index is 573. The first-order chi connectivity index (χ1) is 9.41. The SMILES string of the molecule is CN(CC1CCCOC1)S(=O)(=O)c1ccc(Br)cc1Cl. The summed E-state index contributed by atoms with van der Waals surface area (Å²) in [5, 5.41) is 0.228. The van der Waals surface area contributed by atoms with Gasteiger partial charge in [-0.05, 0) is 37.0 Å². The van der Waals surface area contributed by atoms with Crippen molar-refractivity contribution in [1.29, 1.82) is 0 Å². The number of hydrogen-bond donors (Lipinski definition) is 0. The molecule has 0 aliphatic carbocycles. The minimum absolute atomic E-state index is 0.140. The molecule has 1 saturated heterocycles. The van der Waals surface area contributed by atoms with Crippen molar-refractivity contribution >= 4 is 37.6 Å². The molecule has 0 amide bonds. The summed E-state index contributed by atoms with van der Waals surface area (Å²) in [5.41, 5.74) is 0. The Morgan fingerprint density at radius 1 is 1.50 bits per heavy atom. The first kappa shape index (κ1) is 16.2. The average molecular weight is 383 g/mol. The van der Waals surface area contributed by atoms with Gasteiger partial charge in [-0.1, -0.05) is 27.5 Å². The van der Waals surface area contributed by atoms with E-state index >= 15 is 0 Å². The van der Waals surface area contributed by atoms with Crippen LogP contribution in [0, 0.1) is 5.92 Å². The van der Waals surface area contributed by atoms with Crippen LogP contribution in [-0.4, -0.2) is 39.5 Å². The molecule has 0 radical (unpaired) electrons. The normalized spacial score (nSPS) is 20.3. The van der Waals surface area contributed by atoms with Crippen LogP contribution < -0.4 is 0 Å². The van der Waals surface area contributed by atoms with Gasteiger partial charge in [0.2, 0.25) is 10.0 Å². The zero-order valence-corrected chi connectivity index (χ0v) is 14.3. The summed E-state index contributed by atoms with van der Waals surface area (Å²) < 4.78 is 32.6. The summed E-state index contributed by atoms with van der Waals surface area (Å²) in [6.45, 7) is 1.84. The van der Waals surface area contributed by atoms with Gasteiger partial charge in [0.25, 0.3) is 0 Å². The molecule has 1 heterocycles. The smallest absolute Gasteiger partial charge is 0.244 e. The number of nitrogens with zero attached hydrogens (tertiary/aromatic N) is 1. The first-order valence-electron chi connectivity index (χ1n) is 6.40. The van der Waals surface area contributed by atoms with Crippen molar-refractivity contribution in [2.75, 3.05) is 26.8 Å². The molecular weight excluding hydrogens is 366 g/mol. The van der Waals surface area contributed by atoms with E-state index in [2.05, 4.69) is 15.9 Å². The third-order valence-electron chi connectivity index (χ3n) is 3.35. The zero-order valence-electron chi connectivity index (χ0n) is 11.2. The molecule has 1 aliphatic rings. The molecule has 0 bridgehead atoms. The van der Waals surface area contributed by atoms with E-state index in [1.807, 2.05) is 0 Å². The monoisotopic (exact) mass is 381 g/mol. The zero-order chi connectivity index (χ0) is 14.8. The van der Waals surface area contributed by atoms with Crippen LogP contribution in [0.5, 0.6) is 0 Å². The van der Waals surface area contributed by atoms with Crippen molar-refractivity contribution < 1.29 is 13.2 Å². The van der Waals surface area contributed by atoms with Crippen LogP contribution in [0.2, 0.25) is 5.02 Å². The van der Waals surface area contributed by atoms with Gasteiger partial charge in [-0.25, -0.2) is 12.7 Å². The van der Waals surface area contributed by atoms with Gasteiger partial charge in [0.1, 0.15) is 4.90 Å². The van der Waals surface area contributed by atoms with Crippen LogP contribution in [-0.2, 0) is 14.8 Å². The second kappa shape index (κ2) is 6.75. The molecule has 0 spiro atoms. The van der Waals surface area contributed by atoms with E-state index in [9.17, 15) is 8.42 Å². The molecule has 1 aromatic rings. The third-order valence-corrected chi connectivity index (χ3v) is 6.15. The Labute approximate surface area is 133 Å². The summed E-state index contributed by atoms with van der Waals surface area (Å²) in [6, 6.07) is 4.79.